The summed E-state index contributed by atoms with van der Waals surface area (Å²) in [4.78, 5) is 19.1. The molecule has 0 fully saturated rings. The van der Waals surface area contributed by atoms with Crippen molar-refractivity contribution < 1.29 is 14.4 Å². The molecule has 0 saturated carbocycles. The Hall–Kier alpha value is -1.15. The van der Waals surface area contributed by atoms with E-state index in [1.807, 2.05) is 30.4 Å². The van der Waals surface area contributed by atoms with E-state index in [9.17, 15) is 14.4 Å². The summed E-state index contributed by atoms with van der Waals surface area (Å²) in [6.07, 6.45) is 8.46. The summed E-state index contributed by atoms with van der Waals surface area (Å²) in [6.45, 7) is 0. The summed E-state index contributed by atoms with van der Waals surface area (Å²) < 4.78 is 11.7. The van der Waals surface area contributed by atoms with Gasteiger partial charge in [0.25, 0.3) is 0 Å². The molecule has 2 N–H and O–H groups in total. The molecule has 1 aliphatic rings. The number of hydrogen-bond donors (Lipinski definition) is 2. The first-order valence-corrected chi connectivity index (χ1v) is 7.20. The van der Waals surface area contributed by atoms with Gasteiger partial charge in [-0.25, -0.2) is 0 Å². The molecule has 1 aromatic rings. The third-order valence-corrected chi connectivity index (χ3v) is 4.22. The first-order chi connectivity index (χ1) is 8.09. The molecule has 3 nitrogen and oxygen atoms in total. The van der Waals surface area contributed by atoms with E-state index in [4.69, 9.17) is 0 Å². The molecule has 0 amide bonds. The molecular formula is C13H15O3P. The number of allylic oxidation sites excluding steroid dienone is 4. The lowest BCUT2D eigenvalue weighted by atomic mass is 9.94. The molecule has 0 bridgehead atoms. The van der Waals surface area contributed by atoms with Crippen LogP contribution in [0.3, 0.4) is 0 Å². The lowest BCUT2D eigenvalue weighted by molar-refractivity contribution is 0.351. The molecule has 0 aromatic heterocycles. The highest BCUT2D eigenvalue weighted by atomic mass is 31.2. The van der Waals surface area contributed by atoms with E-state index < -0.39 is 13.3 Å². The van der Waals surface area contributed by atoms with Crippen molar-refractivity contribution in [2.75, 3.05) is 0 Å². The van der Waals surface area contributed by atoms with Gasteiger partial charge in [-0.1, -0.05) is 54.6 Å². The van der Waals surface area contributed by atoms with Crippen LogP contribution in [0.2, 0.25) is 0 Å². The van der Waals surface area contributed by atoms with Gasteiger partial charge in [0, 0.05) is 5.92 Å². The van der Waals surface area contributed by atoms with Crippen LogP contribution in [0.1, 0.15) is 17.6 Å². The largest absolute Gasteiger partial charge is 0.333 e. The van der Waals surface area contributed by atoms with Gasteiger partial charge in [0.05, 0.1) is 5.66 Å². The van der Waals surface area contributed by atoms with Gasteiger partial charge in [0.15, 0.2) is 0 Å². The van der Waals surface area contributed by atoms with Crippen molar-refractivity contribution in [3.63, 3.8) is 0 Å². The molecule has 1 aliphatic carbocycles. The zero-order valence-electron chi connectivity index (χ0n) is 9.31. The third-order valence-electron chi connectivity index (χ3n) is 2.86. The third kappa shape index (κ3) is 2.95. The summed E-state index contributed by atoms with van der Waals surface area (Å²) >= 11 is 0. The maximum Gasteiger partial charge on any atom is 0.333 e. The lowest BCUT2D eigenvalue weighted by Crippen LogP contribution is -2.10. The highest BCUT2D eigenvalue weighted by molar-refractivity contribution is 7.52. The highest BCUT2D eigenvalue weighted by Crippen LogP contribution is 2.56. The Morgan fingerprint density at radius 1 is 1.12 bits per heavy atom. The minimum absolute atomic E-state index is 0.230. The van der Waals surface area contributed by atoms with Crippen LogP contribution in [0.15, 0.2) is 54.6 Å². The van der Waals surface area contributed by atoms with Crippen LogP contribution in [-0.4, -0.2) is 9.79 Å². The lowest BCUT2D eigenvalue weighted by Gasteiger charge is -2.25. The van der Waals surface area contributed by atoms with Crippen molar-refractivity contribution in [2.45, 2.75) is 12.1 Å². The molecule has 2 rings (SSSR count). The number of hydrogen-bond acceptors (Lipinski definition) is 1. The second-order valence-electron chi connectivity index (χ2n) is 4.11. The van der Waals surface area contributed by atoms with E-state index in [1.165, 1.54) is 0 Å². The highest BCUT2D eigenvalue weighted by Gasteiger charge is 2.35. The maximum absolute atomic E-state index is 11.7. The van der Waals surface area contributed by atoms with Crippen LogP contribution >= 0.6 is 7.60 Å². The molecular weight excluding hydrogens is 235 g/mol. The Morgan fingerprint density at radius 2 is 1.71 bits per heavy atom. The zero-order valence-corrected chi connectivity index (χ0v) is 10.2. The van der Waals surface area contributed by atoms with Crippen LogP contribution in [0.5, 0.6) is 0 Å². The van der Waals surface area contributed by atoms with Crippen LogP contribution in [0, 0.1) is 5.92 Å². The maximum atomic E-state index is 11.7. The first-order valence-electron chi connectivity index (χ1n) is 5.52. The van der Waals surface area contributed by atoms with Crippen molar-refractivity contribution in [1.82, 2.24) is 0 Å². The Kier molecular flexibility index (Phi) is 3.63. The first kappa shape index (κ1) is 12.3. The van der Waals surface area contributed by atoms with Gasteiger partial charge in [-0.05, 0) is 12.0 Å². The quantitative estimate of drug-likeness (QED) is 0.640. The second kappa shape index (κ2) is 5.01. The van der Waals surface area contributed by atoms with E-state index in [-0.39, 0.29) is 5.92 Å². The molecule has 0 heterocycles. The Balaban J connectivity index is 2.39. The molecule has 1 unspecified atom stereocenters. The van der Waals surface area contributed by atoms with Crippen LogP contribution in [0.25, 0.3) is 0 Å². The minimum Gasteiger partial charge on any atom is -0.324 e. The van der Waals surface area contributed by atoms with Gasteiger partial charge in [0.2, 0.25) is 0 Å². The van der Waals surface area contributed by atoms with E-state index in [0.717, 1.165) is 6.42 Å². The van der Waals surface area contributed by atoms with Gasteiger partial charge in [0.1, 0.15) is 0 Å². The monoisotopic (exact) mass is 250 g/mol. The van der Waals surface area contributed by atoms with E-state index in [2.05, 4.69) is 0 Å². The van der Waals surface area contributed by atoms with Crippen molar-refractivity contribution in [2.24, 2.45) is 5.92 Å². The molecule has 1 aromatic carbocycles. The van der Waals surface area contributed by atoms with Gasteiger partial charge >= 0.3 is 7.60 Å². The van der Waals surface area contributed by atoms with Crippen LogP contribution in [0.4, 0.5) is 0 Å². The van der Waals surface area contributed by atoms with Crippen molar-refractivity contribution in [1.29, 1.82) is 0 Å². The average Bonchev–Trinajstić information content (AvgIpc) is 2.30. The Labute approximate surface area is 101 Å². The minimum atomic E-state index is -4.17. The Bertz CT molecular complexity index is 461. The fourth-order valence-corrected chi connectivity index (χ4v) is 3.32. The Morgan fingerprint density at radius 3 is 2.24 bits per heavy atom. The molecule has 0 saturated heterocycles. The SMILES string of the molecule is O=P(O)(O)C(c1ccccc1)C1C=CCC=C1. The summed E-state index contributed by atoms with van der Waals surface area (Å²) in [6, 6.07) is 8.97. The molecule has 0 aliphatic heterocycles. The van der Waals surface area contributed by atoms with E-state index in [1.54, 1.807) is 24.3 Å². The average molecular weight is 250 g/mol. The molecule has 0 radical (unpaired) electrons. The second-order valence-corrected chi connectivity index (χ2v) is 5.85. The van der Waals surface area contributed by atoms with Crippen molar-refractivity contribution in [3.05, 3.63) is 60.2 Å². The number of benzene rings is 1. The topological polar surface area (TPSA) is 57.5 Å². The summed E-state index contributed by atoms with van der Waals surface area (Å²) in [7, 11) is -4.17. The zero-order chi connectivity index (χ0) is 12.3. The summed E-state index contributed by atoms with van der Waals surface area (Å²) in [5, 5.41) is 0. The fourth-order valence-electron chi connectivity index (χ4n) is 2.12. The van der Waals surface area contributed by atoms with Gasteiger partial charge in [-0.2, -0.15) is 0 Å². The molecule has 17 heavy (non-hydrogen) atoms. The fraction of sp³-hybridized carbons (Fsp3) is 0.231. The van der Waals surface area contributed by atoms with E-state index >= 15 is 0 Å². The molecule has 4 heteroatoms. The predicted molar refractivity (Wildman–Crippen MR) is 67.6 cm³/mol. The molecule has 1 atom stereocenters. The van der Waals surface area contributed by atoms with Gasteiger partial charge in [-0.15, -0.1) is 0 Å². The summed E-state index contributed by atoms with van der Waals surface area (Å²) in [5.74, 6) is -0.230. The molecule has 0 spiro atoms. The van der Waals surface area contributed by atoms with Crippen molar-refractivity contribution >= 4 is 7.60 Å². The van der Waals surface area contributed by atoms with Gasteiger partial charge < -0.3 is 9.79 Å². The smallest absolute Gasteiger partial charge is 0.324 e. The van der Waals surface area contributed by atoms with Crippen LogP contribution in [-0.2, 0) is 4.57 Å². The standard InChI is InChI=1S/C13H15O3P/c14-17(15,16)13(11-7-3-1-4-8-11)12-9-5-2-6-10-12/h1,3-10,12-13H,2H2,(H2,14,15,16). The van der Waals surface area contributed by atoms with Crippen molar-refractivity contribution in [3.8, 4) is 0 Å². The number of rotatable bonds is 3. The van der Waals surface area contributed by atoms with E-state index in [0.29, 0.717) is 5.56 Å². The normalized spacial score (nSPS) is 18.2. The predicted octanol–water partition coefficient (Wildman–Crippen LogP) is 3.04. The molecule has 90 valence electrons. The van der Waals surface area contributed by atoms with Gasteiger partial charge in [-0.3, -0.25) is 4.57 Å². The summed E-state index contributed by atoms with van der Waals surface area (Å²) in [5.41, 5.74) is -0.0986. The van der Waals surface area contributed by atoms with Crippen LogP contribution < -0.4 is 0 Å².